The Morgan fingerprint density at radius 3 is 2.61 bits per heavy atom. The van der Waals surface area contributed by atoms with E-state index < -0.39 is 0 Å². The summed E-state index contributed by atoms with van der Waals surface area (Å²) in [4.78, 5) is 13.1. The van der Waals surface area contributed by atoms with E-state index in [4.69, 9.17) is 0 Å². The highest BCUT2D eigenvalue weighted by Gasteiger charge is 2.04. The molecule has 0 atom stereocenters. The molecule has 0 aliphatic carbocycles. The fourth-order valence-corrected chi connectivity index (χ4v) is 3.84. The van der Waals surface area contributed by atoms with Crippen molar-refractivity contribution in [3.63, 3.8) is 0 Å². The molecule has 1 amide bonds. The highest BCUT2D eigenvalue weighted by atomic mass is 32.2. The van der Waals surface area contributed by atoms with Crippen LogP contribution in [0.1, 0.15) is 16.7 Å². The van der Waals surface area contributed by atoms with E-state index in [0.29, 0.717) is 5.75 Å². The lowest BCUT2D eigenvalue weighted by Gasteiger charge is -2.08. The lowest BCUT2D eigenvalue weighted by Crippen LogP contribution is -2.27. The molecule has 0 saturated heterocycles. The van der Waals surface area contributed by atoms with Gasteiger partial charge in [0.25, 0.3) is 0 Å². The molecule has 0 saturated carbocycles. The Morgan fingerprint density at radius 2 is 1.87 bits per heavy atom. The molecule has 2 aromatic carbocycles. The summed E-state index contributed by atoms with van der Waals surface area (Å²) in [5, 5.41) is 2.99. The molecule has 2 rings (SSSR count). The molecule has 1 N–H and O–H groups in total. The van der Waals surface area contributed by atoms with Crippen molar-refractivity contribution in [1.82, 2.24) is 5.32 Å². The van der Waals surface area contributed by atoms with E-state index in [1.807, 2.05) is 17.8 Å². The number of hydrogen-bond acceptors (Lipinski definition) is 3. The Kier molecular flexibility index (Phi) is 7.56. The molecule has 0 aliphatic rings. The molecule has 0 unspecified atom stereocenters. The van der Waals surface area contributed by atoms with Gasteiger partial charge in [-0.25, -0.2) is 0 Å². The van der Waals surface area contributed by atoms with Gasteiger partial charge < -0.3 is 5.32 Å². The maximum absolute atomic E-state index is 11.9. The molecule has 4 heteroatoms. The highest BCUT2D eigenvalue weighted by Crippen LogP contribution is 2.22. The number of aryl methyl sites for hydroxylation is 2. The van der Waals surface area contributed by atoms with Crippen molar-refractivity contribution in [1.29, 1.82) is 0 Å². The summed E-state index contributed by atoms with van der Waals surface area (Å²) < 4.78 is 0. The first-order valence-corrected chi connectivity index (χ1v) is 9.87. The van der Waals surface area contributed by atoms with Gasteiger partial charge in [0.15, 0.2) is 0 Å². The van der Waals surface area contributed by atoms with Gasteiger partial charge >= 0.3 is 0 Å². The summed E-state index contributed by atoms with van der Waals surface area (Å²) >= 11 is 3.45. The van der Waals surface area contributed by atoms with Gasteiger partial charge in [-0.05, 0) is 31.0 Å². The number of rotatable bonds is 8. The second-order valence-electron chi connectivity index (χ2n) is 5.45. The number of amides is 1. The van der Waals surface area contributed by atoms with Crippen molar-refractivity contribution in [2.24, 2.45) is 0 Å². The van der Waals surface area contributed by atoms with Crippen molar-refractivity contribution in [2.75, 3.05) is 18.1 Å². The summed E-state index contributed by atoms with van der Waals surface area (Å²) in [6.45, 7) is 4.90. The van der Waals surface area contributed by atoms with Crippen LogP contribution in [0.5, 0.6) is 0 Å². The number of carbonyl (C=O) groups excluding carboxylic acids is 1. The minimum atomic E-state index is 0.107. The van der Waals surface area contributed by atoms with E-state index in [2.05, 4.69) is 61.6 Å². The molecule has 0 bridgehead atoms. The molecule has 0 radical (unpaired) electrons. The first kappa shape index (κ1) is 18.0. The molecule has 0 aromatic heterocycles. The van der Waals surface area contributed by atoms with E-state index in [-0.39, 0.29) is 5.91 Å². The van der Waals surface area contributed by atoms with Crippen LogP contribution >= 0.6 is 23.5 Å². The standard InChI is InChI=1S/C19H23NOS2/c1-15-8-9-18(16(2)12-15)23-14-19(21)20-10-11-22-13-17-6-4-3-5-7-17/h3-9,12H,10-11,13-14H2,1-2H3,(H,20,21). The number of hydrogen-bond donors (Lipinski definition) is 1. The topological polar surface area (TPSA) is 29.1 Å². The van der Waals surface area contributed by atoms with Crippen LogP contribution in [0.3, 0.4) is 0 Å². The van der Waals surface area contributed by atoms with Crippen LogP contribution in [-0.4, -0.2) is 24.0 Å². The van der Waals surface area contributed by atoms with E-state index in [0.717, 1.165) is 18.1 Å². The number of carbonyl (C=O) groups is 1. The first-order chi connectivity index (χ1) is 11.1. The summed E-state index contributed by atoms with van der Waals surface area (Å²) in [6, 6.07) is 16.7. The lowest BCUT2D eigenvalue weighted by atomic mass is 10.2. The van der Waals surface area contributed by atoms with Gasteiger partial charge in [0.2, 0.25) is 5.91 Å². The highest BCUT2D eigenvalue weighted by molar-refractivity contribution is 8.00. The van der Waals surface area contributed by atoms with Crippen LogP contribution in [-0.2, 0) is 10.5 Å². The molecular formula is C19H23NOS2. The van der Waals surface area contributed by atoms with Crippen LogP contribution in [0.15, 0.2) is 53.4 Å². The van der Waals surface area contributed by atoms with E-state index >= 15 is 0 Å². The molecular weight excluding hydrogens is 322 g/mol. The summed E-state index contributed by atoms with van der Waals surface area (Å²) in [5.74, 6) is 2.52. The molecule has 0 heterocycles. The fourth-order valence-electron chi connectivity index (χ4n) is 2.18. The van der Waals surface area contributed by atoms with Crippen LogP contribution in [0, 0.1) is 13.8 Å². The van der Waals surface area contributed by atoms with Crippen molar-refractivity contribution < 1.29 is 4.79 Å². The second-order valence-corrected chi connectivity index (χ2v) is 7.57. The van der Waals surface area contributed by atoms with Gasteiger partial charge in [-0.15, -0.1) is 11.8 Å². The lowest BCUT2D eigenvalue weighted by molar-refractivity contribution is -0.118. The number of benzene rings is 2. The van der Waals surface area contributed by atoms with Gasteiger partial charge in [-0.2, -0.15) is 11.8 Å². The molecule has 0 spiro atoms. The zero-order valence-corrected chi connectivity index (χ0v) is 15.3. The van der Waals surface area contributed by atoms with E-state index in [1.165, 1.54) is 21.6 Å². The Morgan fingerprint density at radius 1 is 1.09 bits per heavy atom. The average Bonchev–Trinajstić information content (AvgIpc) is 2.54. The SMILES string of the molecule is Cc1ccc(SCC(=O)NCCSCc2ccccc2)c(C)c1. The molecule has 2 nitrogen and oxygen atoms in total. The zero-order chi connectivity index (χ0) is 16.5. The van der Waals surface area contributed by atoms with Gasteiger partial charge in [-0.3, -0.25) is 4.79 Å². The van der Waals surface area contributed by atoms with Gasteiger partial charge in [0.05, 0.1) is 5.75 Å². The van der Waals surface area contributed by atoms with Crippen molar-refractivity contribution in [2.45, 2.75) is 24.5 Å². The van der Waals surface area contributed by atoms with E-state index in [9.17, 15) is 4.79 Å². The maximum atomic E-state index is 11.9. The minimum Gasteiger partial charge on any atom is -0.355 e. The minimum absolute atomic E-state index is 0.107. The molecule has 2 aromatic rings. The Bertz CT molecular complexity index is 629. The summed E-state index contributed by atoms with van der Waals surface area (Å²) in [6.07, 6.45) is 0. The van der Waals surface area contributed by atoms with Gasteiger partial charge in [0.1, 0.15) is 0 Å². The molecule has 0 fully saturated rings. The third-order valence-electron chi connectivity index (χ3n) is 3.37. The smallest absolute Gasteiger partial charge is 0.230 e. The van der Waals surface area contributed by atoms with Crippen LogP contribution in [0.4, 0.5) is 0 Å². The third-order valence-corrected chi connectivity index (χ3v) is 5.58. The Hall–Kier alpha value is -1.39. The Balaban J connectivity index is 1.60. The van der Waals surface area contributed by atoms with Crippen molar-refractivity contribution in [3.8, 4) is 0 Å². The van der Waals surface area contributed by atoms with E-state index in [1.54, 1.807) is 11.8 Å². The second kappa shape index (κ2) is 9.68. The summed E-state index contributed by atoms with van der Waals surface area (Å²) in [5.41, 5.74) is 3.82. The van der Waals surface area contributed by atoms with Crippen molar-refractivity contribution >= 4 is 29.4 Å². The first-order valence-electron chi connectivity index (χ1n) is 7.73. The fraction of sp³-hybridized carbons (Fsp3) is 0.316. The average molecular weight is 346 g/mol. The predicted octanol–water partition coefficient (Wildman–Crippen LogP) is 4.45. The monoisotopic (exact) mass is 345 g/mol. The molecule has 122 valence electrons. The largest absolute Gasteiger partial charge is 0.355 e. The van der Waals surface area contributed by atoms with Gasteiger partial charge in [-0.1, -0.05) is 48.0 Å². The summed E-state index contributed by atoms with van der Waals surface area (Å²) in [7, 11) is 0. The van der Waals surface area contributed by atoms with Crippen LogP contribution in [0.25, 0.3) is 0 Å². The number of thioether (sulfide) groups is 2. The molecule has 0 aliphatic heterocycles. The Labute approximate surface area is 147 Å². The van der Waals surface area contributed by atoms with Crippen LogP contribution < -0.4 is 5.32 Å². The molecule has 23 heavy (non-hydrogen) atoms. The van der Waals surface area contributed by atoms with Gasteiger partial charge in [0, 0.05) is 22.9 Å². The zero-order valence-electron chi connectivity index (χ0n) is 13.7. The van der Waals surface area contributed by atoms with Crippen molar-refractivity contribution in [3.05, 3.63) is 65.2 Å². The quantitative estimate of drug-likeness (QED) is 0.566. The number of nitrogens with one attached hydrogen (secondary N) is 1. The normalized spacial score (nSPS) is 10.5. The van der Waals surface area contributed by atoms with Crippen LogP contribution in [0.2, 0.25) is 0 Å². The predicted molar refractivity (Wildman–Crippen MR) is 102 cm³/mol. The maximum Gasteiger partial charge on any atom is 0.230 e. The third kappa shape index (κ3) is 6.71.